The summed E-state index contributed by atoms with van der Waals surface area (Å²) in [6, 6.07) is 64.2. The van der Waals surface area contributed by atoms with Gasteiger partial charge in [-0.2, -0.15) is 0 Å². The molecule has 1 unspecified atom stereocenters. The van der Waals surface area contributed by atoms with Gasteiger partial charge >= 0.3 is 0 Å². The van der Waals surface area contributed by atoms with E-state index in [2.05, 4.69) is 124 Å². The van der Waals surface area contributed by atoms with Gasteiger partial charge in [0.05, 0.1) is 39.0 Å². The molecule has 0 bridgehead atoms. The summed E-state index contributed by atoms with van der Waals surface area (Å²) < 4.78 is 4.57. The molecule has 0 spiro atoms. The van der Waals surface area contributed by atoms with E-state index in [1.165, 1.54) is 10.8 Å². The third kappa shape index (κ3) is 4.67. The molecule has 10 aromatic rings. The first kappa shape index (κ1) is 31.3. The number of carbonyl (C=O) groups excluding carboxylic acids is 1. The molecular formula is C50H33N3O2. The van der Waals surface area contributed by atoms with E-state index in [0.717, 1.165) is 66.5 Å². The number of benzene rings is 8. The number of hydrogen-bond acceptors (Lipinski definition) is 2. The number of nitrogens with zero attached hydrogens (tertiary/aromatic N) is 3. The smallest absolute Gasteiger partial charge is 0.263 e. The van der Waals surface area contributed by atoms with Crippen molar-refractivity contribution in [3.8, 4) is 33.6 Å². The average molecular weight is 708 g/mol. The third-order valence-corrected chi connectivity index (χ3v) is 11.2. The molecule has 0 saturated carbocycles. The highest BCUT2D eigenvalue weighted by Gasteiger charge is 2.40. The van der Waals surface area contributed by atoms with Gasteiger partial charge in [0.2, 0.25) is 0 Å². The fourth-order valence-electron chi connectivity index (χ4n) is 8.78. The van der Waals surface area contributed by atoms with Gasteiger partial charge in [0.25, 0.3) is 5.91 Å². The number of aromatic nitrogens is 2. The van der Waals surface area contributed by atoms with Gasteiger partial charge in [-0.05, 0) is 70.8 Å². The number of carbonyl (C=O) groups is 1. The number of anilines is 1. The zero-order valence-corrected chi connectivity index (χ0v) is 29.7. The lowest BCUT2D eigenvalue weighted by Gasteiger charge is -2.23. The van der Waals surface area contributed by atoms with E-state index in [1.54, 1.807) is 4.90 Å². The van der Waals surface area contributed by atoms with Crippen molar-refractivity contribution < 1.29 is 9.90 Å². The number of aliphatic hydroxyl groups is 1. The summed E-state index contributed by atoms with van der Waals surface area (Å²) in [7, 11) is 0. The normalized spacial score (nSPS) is 14.1. The van der Waals surface area contributed by atoms with Crippen LogP contribution < -0.4 is 4.90 Å². The summed E-state index contributed by atoms with van der Waals surface area (Å²) in [5, 5.41) is 16.7. The Morgan fingerprint density at radius 2 is 0.891 bits per heavy atom. The second-order valence-electron chi connectivity index (χ2n) is 14.2. The summed E-state index contributed by atoms with van der Waals surface area (Å²) in [4.78, 5) is 16.7. The largest absolute Gasteiger partial charge is 0.369 e. The van der Waals surface area contributed by atoms with Gasteiger partial charge < -0.3 is 14.2 Å². The number of fused-ring (bicyclic) bond motifs is 7. The van der Waals surface area contributed by atoms with Crippen LogP contribution in [-0.4, -0.2) is 20.1 Å². The van der Waals surface area contributed by atoms with Gasteiger partial charge in [-0.25, -0.2) is 0 Å². The minimum atomic E-state index is -1.18. The highest BCUT2D eigenvalue weighted by Crippen LogP contribution is 2.45. The Bertz CT molecular complexity index is 3030. The van der Waals surface area contributed by atoms with Crippen LogP contribution in [0.3, 0.4) is 0 Å². The molecule has 2 aromatic heterocycles. The summed E-state index contributed by atoms with van der Waals surface area (Å²) in [5.74, 6) is -0.248. The average Bonchev–Trinajstić information content (AvgIpc) is 3.86. The van der Waals surface area contributed by atoms with E-state index in [0.29, 0.717) is 16.8 Å². The van der Waals surface area contributed by atoms with Crippen LogP contribution in [0.2, 0.25) is 0 Å². The fraction of sp³-hybridized carbons (Fsp3) is 0.0200. The molecule has 8 aromatic carbocycles. The molecule has 0 fully saturated rings. The Morgan fingerprint density at radius 1 is 0.418 bits per heavy atom. The Labute approximate surface area is 317 Å². The molecule has 5 heteroatoms. The van der Waals surface area contributed by atoms with Crippen LogP contribution in [0.1, 0.15) is 22.1 Å². The molecule has 5 nitrogen and oxygen atoms in total. The van der Waals surface area contributed by atoms with Crippen LogP contribution in [0, 0.1) is 0 Å². The molecule has 3 heterocycles. The second kappa shape index (κ2) is 12.2. The predicted octanol–water partition coefficient (Wildman–Crippen LogP) is 11.9. The second-order valence-corrected chi connectivity index (χ2v) is 14.2. The highest BCUT2D eigenvalue weighted by atomic mass is 16.3. The van der Waals surface area contributed by atoms with Gasteiger partial charge in [-0.1, -0.05) is 140 Å². The maximum absolute atomic E-state index is 15.1. The van der Waals surface area contributed by atoms with Crippen molar-refractivity contribution in [2.24, 2.45) is 0 Å². The molecule has 1 aliphatic rings. The topological polar surface area (TPSA) is 50.4 Å². The van der Waals surface area contributed by atoms with Crippen LogP contribution in [0.5, 0.6) is 0 Å². The summed E-state index contributed by atoms with van der Waals surface area (Å²) in [6.07, 6.45) is -1.18. The van der Waals surface area contributed by atoms with Crippen LogP contribution in [-0.2, 0) is 0 Å². The molecule has 55 heavy (non-hydrogen) atoms. The van der Waals surface area contributed by atoms with Gasteiger partial charge in [-0.15, -0.1) is 0 Å². The summed E-state index contributed by atoms with van der Waals surface area (Å²) >= 11 is 0. The zero-order valence-electron chi connectivity index (χ0n) is 29.7. The van der Waals surface area contributed by atoms with Crippen LogP contribution in [0.25, 0.3) is 77.2 Å². The molecule has 0 radical (unpaired) electrons. The SMILES string of the molecule is O=C1c2c(cccc2-n2c3ccccc3c3cccc(-n4c5ccccc5c5ccccc54)c32)C(O)N1c1cc(-c2ccccc2)cc(-c2ccccc2)c1. The first-order valence-corrected chi connectivity index (χ1v) is 18.6. The first-order valence-electron chi connectivity index (χ1n) is 18.6. The summed E-state index contributed by atoms with van der Waals surface area (Å²) in [6.45, 7) is 0. The maximum atomic E-state index is 15.1. The van der Waals surface area contributed by atoms with E-state index in [-0.39, 0.29) is 5.91 Å². The van der Waals surface area contributed by atoms with Crippen molar-refractivity contribution in [3.05, 3.63) is 199 Å². The number of aliphatic hydroxyl groups excluding tert-OH is 1. The van der Waals surface area contributed by atoms with Gasteiger partial charge in [0.1, 0.15) is 0 Å². The van der Waals surface area contributed by atoms with Crippen molar-refractivity contribution in [3.63, 3.8) is 0 Å². The lowest BCUT2D eigenvalue weighted by Crippen LogP contribution is -2.28. The maximum Gasteiger partial charge on any atom is 0.263 e. The van der Waals surface area contributed by atoms with Crippen molar-refractivity contribution in [2.45, 2.75) is 6.23 Å². The minimum absolute atomic E-state index is 0.248. The van der Waals surface area contributed by atoms with E-state index in [1.807, 2.05) is 72.8 Å². The Balaban J connectivity index is 1.16. The summed E-state index contributed by atoms with van der Waals surface area (Å²) in [5.41, 5.74) is 11.6. The van der Waals surface area contributed by atoms with E-state index < -0.39 is 6.23 Å². The molecule has 1 N–H and O–H groups in total. The number of amides is 1. The van der Waals surface area contributed by atoms with Gasteiger partial charge in [0.15, 0.2) is 6.23 Å². The number of rotatable bonds is 5. The molecular weight excluding hydrogens is 675 g/mol. The lowest BCUT2D eigenvalue weighted by molar-refractivity contribution is 0.0935. The molecule has 1 aliphatic heterocycles. The molecule has 0 aliphatic carbocycles. The van der Waals surface area contributed by atoms with Crippen LogP contribution in [0.4, 0.5) is 5.69 Å². The molecule has 11 rings (SSSR count). The number of para-hydroxylation sites is 4. The van der Waals surface area contributed by atoms with Crippen molar-refractivity contribution in [1.29, 1.82) is 0 Å². The Hall–Kier alpha value is -7.21. The van der Waals surface area contributed by atoms with Crippen molar-refractivity contribution in [2.75, 3.05) is 4.90 Å². The molecule has 1 atom stereocenters. The van der Waals surface area contributed by atoms with E-state index in [4.69, 9.17) is 0 Å². The van der Waals surface area contributed by atoms with E-state index in [9.17, 15) is 5.11 Å². The monoisotopic (exact) mass is 707 g/mol. The first-order chi connectivity index (χ1) is 27.2. The Morgan fingerprint density at radius 3 is 1.49 bits per heavy atom. The molecule has 1 amide bonds. The van der Waals surface area contributed by atoms with E-state index >= 15 is 4.79 Å². The van der Waals surface area contributed by atoms with Crippen molar-refractivity contribution >= 4 is 55.2 Å². The predicted molar refractivity (Wildman–Crippen MR) is 224 cm³/mol. The van der Waals surface area contributed by atoms with Gasteiger partial charge in [-0.3, -0.25) is 9.69 Å². The van der Waals surface area contributed by atoms with Crippen molar-refractivity contribution in [1.82, 2.24) is 9.13 Å². The number of hydrogen-bond donors (Lipinski definition) is 1. The zero-order chi connectivity index (χ0) is 36.6. The molecule has 260 valence electrons. The Kier molecular flexibility index (Phi) is 6.93. The van der Waals surface area contributed by atoms with Gasteiger partial charge in [0, 0.05) is 32.8 Å². The minimum Gasteiger partial charge on any atom is -0.369 e. The standard InChI is InChI=1S/C50H33N3O2/c54-49-41-23-14-27-45(47(41)50(55)51(49)36-30-34(32-15-3-1-4-16-32)29-35(31-36)33-17-5-2-6-18-33)53-44-26-12-9-21-39(44)40-22-13-28-46(48(40)53)52-42-24-10-7-19-37(42)38-20-8-11-25-43(38)52/h1-31,49,54H. The van der Waals surface area contributed by atoms with Crippen LogP contribution in [0.15, 0.2) is 188 Å². The molecule has 0 saturated heterocycles. The fourth-order valence-corrected chi connectivity index (χ4v) is 8.78. The van der Waals surface area contributed by atoms with Crippen LogP contribution >= 0.6 is 0 Å². The third-order valence-electron chi connectivity index (χ3n) is 11.2. The highest BCUT2D eigenvalue weighted by molar-refractivity contribution is 6.18. The lowest BCUT2D eigenvalue weighted by atomic mass is 9.97. The quantitative estimate of drug-likeness (QED) is 0.194.